The van der Waals surface area contributed by atoms with Crippen LogP contribution < -0.4 is 0 Å². The van der Waals surface area contributed by atoms with Crippen LogP contribution in [0.25, 0.3) is 0 Å². The molecule has 3 heteroatoms. The van der Waals surface area contributed by atoms with E-state index >= 15 is 0 Å². The van der Waals surface area contributed by atoms with E-state index in [0.29, 0.717) is 6.04 Å². The summed E-state index contributed by atoms with van der Waals surface area (Å²) in [6, 6.07) is 0.336. The Hall–Kier alpha value is -0.570. The van der Waals surface area contributed by atoms with E-state index in [-0.39, 0.29) is 6.54 Å². The number of carboxylic acid groups (broad SMARTS) is 1. The number of carbonyl (C=O) groups is 1. The lowest BCUT2D eigenvalue weighted by Gasteiger charge is -2.25. The number of hydrogen-bond acceptors (Lipinski definition) is 2. The highest BCUT2D eigenvalue weighted by Crippen LogP contribution is 2.27. The summed E-state index contributed by atoms with van der Waals surface area (Å²) in [6.07, 6.45) is 6.60. The first-order valence-corrected chi connectivity index (χ1v) is 6.05. The highest BCUT2D eigenvalue weighted by molar-refractivity contribution is 5.69. The molecule has 1 aliphatic carbocycles. The van der Waals surface area contributed by atoms with Gasteiger partial charge in [0.05, 0.1) is 6.54 Å². The highest BCUT2D eigenvalue weighted by Gasteiger charge is 2.18. The second-order valence-corrected chi connectivity index (χ2v) is 4.90. The van der Waals surface area contributed by atoms with Crippen molar-refractivity contribution in [3.63, 3.8) is 0 Å². The molecule has 1 saturated carbocycles. The zero-order chi connectivity index (χ0) is 11.3. The molecular formula is C12H23NO2. The van der Waals surface area contributed by atoms with Crippen molar-refractivity contribution in [2.45, 2.75) is 52.0 Å². The summed E-state index contributed by atoms with van der Waals surface area (Å²) >= 11 is 0. The van der Waals surface area contributed by atoms with Crippen LogP contribution in [-0.2, 0) is 4.79 Å². The molecule has 0 aromatic heterocycles. The van der Waals surface area contributed by atoms with Gasteiger partial charge in [0, 0.05) is 6.04 Å². The van der Waals surface area contributed by atoms with Crippen LogP contribution in [-0.4, -0.2) is 35.1 Å². The second-order valence-electron chi connectivity index (χ2n) is 4.90. The maximum Gasteiger partial charge on any atom is 0.317 e. The lowest BCUT2D eigenvalue weighted by atomic mass is 10.0. The minimum Gasteiger partial charge on any atom is -0.480 e. The molecule has 0 bridgehead atoms. The fourth-order valence-electron chi connectivity index (χ4n) is 2.34. The molecule has 0 aliphatic heterocycles. The molecule has 88 valence electrons. The van der Waals surface area contributed by atoms with E-state index in [1.807, 2.05) is 0 Å². The Kier molecular flexibility index (Phi) is 5.09. The molecule has 1 N–H and O–H groups in total. The van der Waals surface area contributed by atoms with Gasteiger partial charge < -0.3 is 5.11 Å². The summed E-state index contributed by atoms with van der Waals surface area (Å²) in [5.74, 6) is 0.134. The SMILES string of the molecule is CC(C)N(CCC1CCCC1)CC(=O)O. The monoisotopic (exact) mass is 213 g/mol. The van der Waals surface area contributed by atoms with Crippen molar-refractivity contribution in [3.8, 4) is 0 Å². The van der Waals surface area contributed by atoms with Crippen molar-refractivity contribution in [2.24, 2.45) is 5.92 Å². The van der Waals surface area contributed by atoms with Crippen LogP contribution in [0.5, 0.6) is 0 Å². The second kappa shape index (κ2) is 6.11. The first-order valence-electron chi connectivity index (χ1n) is 6.05. The van der Waals surface area contributed by atoms with Gasteiger partial charge in [0.15, 0.2) is 0 Å². The fraction of sp³-hybridized carbons (Fsp3) is 0.917. The summed E-state index contributed by atoms with van der Waals surface area (Å²) in [4.78, 5) is 12.7. The van der Waals surface area contributed by atoms with Gasteiger partial charge in [0.1, 0.15) is 0 Å². The Labute approximate surface area is 92.5 Å². The molecule has 0 radical (unpaired) electrons. The first-order chi connectivity index (χ1) is 7.09. The van der Waals surface area contributed by atoms with Crippen LogP contribution >= 0.6 is 0 Å². The van der Waals surface area contributed by atoms with E-state index in [1.54, 1.807) is 0 Å². The zero-order valence-corrected chi connectivity index (χ0v) is 9.91. The van der Waals surface area contributed by atoms with Gasteiger partial charge in [-0.2, -0.15) is 0 Å². The van der Waals surface area contributed by atoms with Crippen LogP contribution in [0.3, 0.4) is 0 Å². The summed E-state index contributed by atoms with van der Waals surface area (Å²) < 4.78 is 0. The summed E-state index contributed by atoms with van der Waals surface area (Å²) in [5, 5.41) is 8.78. The molecule has 0 amide bonds. The van der Waals surface area contributed by atoms with Crippen molar-refractivity contribution >= 4 is 5.97 Å². The Morgan fingerprint density at radius 3 is 2.47 bits per heavy atom. The third-order valence-corrected chi connectivity index (χ3v) is 3.37. The Balaban J connectivity index is 2.27. The lowest BCUT2D eigenvalue weighted by Crippen LogP contribution is -2.36. The smallest absolute Gasteiger partial charge is 0.317 e. The molecule has 0 saturated heterocycles. The number of carboxylic acids is 1. The maximum atomic E-state index is 10.7. The first kappa shape index (κ1) is 12.5. The van der Waals surface area contributed by atoms with Gasteiger partial charge in [0.25, 0.3) is 0 Å². The molecule has 0 atom stereocenters. The van der Waals surface area contributed by atoms with Crippen molar-refractivity contribution in [1.82, 2.24) is 4.90 Å². The van der Waals surface area contributed by atoms with Gasteiger partial charge in [-0.15, -0.1) is 0 Å². The molecule has 0 spiro atoms. The topological polar surface area (TPSA) is 40.5 Å². The van der Waals surface area contributed by atoms with Gasteiger partial charge in [-0.05, 0) is 32.7 Å². The van der Waals surface area contributed by atoms with E-state index in [1.165, 1.54) is 32.1 Å². The number of hydrogen-bond donors (Lipinski definition) is 1. The van der Waals surface area contributed by atoms with Crippen LogP contribution in [0.1, 0.15) is 46.0 Å². The molecule has 0 unspecified atom stereocenters. The van der Waals surface area contributed by atoms with Crippen LogP contribution in [0.2, 0.25) is 0 Å². The van der Waals surface area contributed by atoms with E-state index in [0.717, 1.165) is 12.5 Å². The van der Waals surface area contributed by atoms with Crippen LogP contribution in [0.4, 0.5) is 0 Å². The van der Waals surface area contributed by atoms with Gasteiger partial charge >= 0.3 is 5.97 Å². The molecule has 0 aromatic rings. The number of nitrogens with zero attached hydrogens (tertiary/aromatic N) is 1. The van der Waals surface area contributed by atoms with Crippen molar-refractivity contribution in [1.29, 1.82) is 0 Å². The molecule has 1 fully saturated rings. The third kappa shape index (κ3) is 4.65. The highest BCUT2D eigenvalue weighted by atomic mass is 16.4. The van der Waals surface area contributed by atoms with Crippen molar-refractivity contribution < 1.29 is 9.90 Å². The minimum absolute atomic E-state index is 0.185. The molecule has 3 nitrogen and oxygen atoms in total. The van der Waals surface area contributed by atoms with E-state index in [4.69, 9.17) is 5.11 Å². The van der Waals surface area contributed by atoms with Crippen molar-refractivity contribution in [3.05, 3.63) is 0 Å². The summed E-state index contributed by atoms with van der Waals surface area (Å²) in [7, 11) is 0. The lowest BCUT2D eigenvalue weighted by molar-refractivity contribution is -0.138. The average Bonchev–Trinajstić information content (AvgIpc) is 2.63. The molecule has 0 heterocycles. The fourth-order valence-corrected chi connectivity index (χ4v) is 2.34. The van der Waals surface area contributed by atoms with Gasteiger partial charge in [-0.3, -0.25) is 9.69 Å². The van der Waals surface area contributed by atoms with Crippen LogP contribution in [0, 0.1) is 5.92 Å². The Morgan fingerprint density at radius 2 is 2.00 bits per heavy atom. The summed E-state index contributed by atoms with van der Waals surface area (Å²) in [6.45, 7) is 5.26. The normalized spacial score (nSPS) is 17.9. The van der Waals surface area contributed by atoms with Gasteiger partial charge in [0.2, 0.25) is 0 Å². The van der Waals surface area contributed by atoms with Gasteiger partial charge in [-0.25, -0.2) is 0 Å². The van der Waals surface area contributed by atoms with E-state index < -0.39 is 5.97 Å². The predicted octanol–water partition coefficient (Wildman–Crippen LogP) is 2.36. The number of aliphatic carboxylic acids is 1. The Bertz CT molecular complexity index is 198. The molecule has 1 rings (SSSR count). The third-order valence-electron chi connectivity index (χ3n) is 3.37. The molecule has 0 aromatic carbocycles. The number of rotatable bonds is 6. The zero-order valence-electron chi connectivity index (χ0n) is 9.91. The van der Waals surface area contributed by atoms with Crippen LogP contribution in [0.15, 0.2) is 0 Å². The summed E-state index contributed by atoms with van der Waals surface area (Å²) in [5.41, 5.74) is 0. The van der Waals surface area contributed by atoms with Crippen molar-refractivity contribution in [2.75, 3.05) is 13.1 Å². The average molecular weight is 213 g/mol. The standard InChI is InChI=1S/C12H23NO2/c1-10(2)13(9-12(14)15)8-7-11-5-3-4-6-11/h10-11H,3-9H2,1-2H3,(H,14,15). The molecule has 15 heavy (non-hydrogen) atoms. The minimum atomic E-state index is -0.713. The molecular weight excluding hydrogens is 190 g/mol. The predicted molar refractivity (Wildman–Crippen MR) is 60.9 cm³/mol. The Morgan fingerprint density at radius 1 is 1.40 bits per heavy atom. The largest absolute Gasteiger partial charge is 0.480 e. The quantitative estimate of drug-likeness (QED) is 0.736. The maximum absolute atomic E-state index is 10.7. The van der Waals surface area contributed by atoms with Gasteiger partial charge in [-0.1, -0.05) is 25.7 Å². The van der Waals surface area contributed by atoms with E-state index in [9.17, 15) is 4.79 Å². The molecule has 1 aliphatic rings. The van der Waals surface area contributed by atoms with E-state index in [2.05, 4.69) is 18.7 Å².